The van der Waals surface area contributed by atoms with E-state index in [9.17, 15) is 13.2 Å². The Balaban J connectivity index is 0.000000556. The molecule has 12 heteroatoms. The number of halogens is 3. The third-order valence-electron chi connectivity index (χ3n) is 5.33. The Labute approximate surface area is 204 Å². The molecule has 36 heavy (non-hydrogen) atoms. The van der Waals surface area contributed by atoms with E-state index in [1.165, 1.54) is 32.3 Å². The summed E-state index contributed by atoms with van der Waals surface area (Å²) < 4.78 is 52.6. The number of pyridine rings is 1. The molecule has 4 aromatic rings. The van der Waals surface area contributed by atoms with Gasteiger partial charge in [-0.3, -0.25) is 0 Å². The number of alkyl halides is 3. The molecule has 0 radical (unpaired) electrons. The highest BCUT2D eigenvalue weighted by atomic mass is 19.4. The van der Waals surface area contributed by atoms with Crippen LogP contribution in [0.3, 0.4) is 0 Å². The topological polar surface area (TPSA) is 129 Å². The van der Waals surface area contributed by atoms with Crippen molar-refractivity contribution in [2.75, 3.05) is 12.3 Å². The molecule has 2 atom stereocenters. The molecule has 1 fully saturated rings. The number of anilines is 1. The number of ether oxygens (including phenoxy) is 2. The van der Waals surface area contributed by atoms with Crippen LogP contribution < -0.4 is 10.5 Å². The van der Waals surface area contributed by atoms with Gasteiger partial charge in [0, 0.05) is 17.6 Å². The van der Waals surface area contributed by atoms with Crippen molar-refractivity contribution in [1.82, 2.24) is 19.5 Å². The minimum atomic E-state index is -4.49. The first-order valence-corrected chi connectivity index (χ1v) is 11.2. The van der Waals surface area contributed by atoms with Crippen molar-refractivity contribution in [2.45, 2.75) is 51.0 Å². The third-order valence-corrected chi connectivity index (χ3v) is 5.33. The fraction of sp³-hybridized carbons (Fsp3) is 0.375. The van der Waals surface area contributed by atoms with Crippen molar-refractivity contribution >= 4 is 27.8 Å². The summed E-state index contributed by atoms with van der Waals surface area (Å²) in [4.78, 5) is 12.0. The summed E-state index contributed by atoms with van der Waals surface area (Å²) in [5, 5.41) is 17.5. The second-order valence-corrected chi connectivity index (χ2v) is 8.86. The molecule has 1 aromatic carbocycles. The number of nitrogens with zero attached hydrogens (tertiary/aromatic N) is 4. The lowest BCUT2D eigenvalue weighted by Crippen LogP contribution is -2.18. The molecule has 192 valence electrons. The second kappa shape index (κ2) is 9.88. The fourth-order valence-corrected chi connectivity index (χ4v) is 3.77. The summed E-state index contributed by atoms with van der Waals surface area (Å²) in [7, 11) is 0. The van der Waals surface area contributed by atoms with Gasteiger partial charge in [-0.2, -0.15) is 13.2 Å². The quantitative estimate of drug-likeness (QED) is 0.355. The van der Waals surface area contributed by atoms with E-state index < -0.39 is 17.7 Å². The first-order chi connectivity index (χ1) is 16.9. The minimum Gasteiger partial charge on any atom is -0.491 e. The summed E-state index contributed by atoms with van der Waals surface area (Å²) in [6, 6.07) is 9.14. The number of nitrogens with two attached hydrogens (primary N) is 1. The van der Waals surface area contributed by atoms with E-state index in [1.54, 1.807) is 12.1 Å². The summed E-state index contributed by atoms with van der Waals surface area (Å²) in [6.45, 7) is 2.87. The highest BCUT2D eigenvalue weighted by Gasteiger charge is 2.32. The minimum absolute atomic E-state index is 0.160. The average Bonchev–Trinajstić information content (AvgIpc) is 3.43. The van der Waals surface area contributed by atoms with Gasteiger partial charge in [-0.15, -0.1) is 0 Å². The van der Waals surface area contributed by atoms with Crippen LogP contribution in [0.1, 0.15) is 38.6 Å². The average molecular weight is 505 g/mol. The maximum atomic E-state index is 12.9. The van der Waals surface area contributed by atoms with Gasteiger partial charge in [-0.1, -0.05) is 6.07 Å². The molecule has 4 heterocycles. The summed E-state index contributed by atoms with van der Waals surface area (Å²) in [5.74, 6) is -0.640. The molecule has 5 rings (SSSR count). The van der Waals surface area contributed by atoms with Crippen LogP contribution >= 0.6 is 0 Å². The van der Waals surface area contributed by atoms with Crippen molar-refractivity contribution in [1.29, 1.82) is 0 Å². The number of aliphatic hydroxyl groups is 2. The van der Waals surface area contributed by atoms with Gasteiger partial charge in [0.25, 0.3) is 0 Å². The normalized spacial score (nSPS) is 18.3. The number of benzene rings is 1. The van der Waals surface area contributed by atoms with Crippen molar-refractivity contribution in [3.05, 3.63) is 54.6 Å². The third kappa shape index (κ3) is 6.20. The molecule has 0 aliphatic carbocycles. The second-order valence-electron chi connectivity index (χ2n) is 8.86. The number of hydrogen-bond acceptors (Lipinski definition) is 8. The van der Waals surface area contributed by atoms with Crippen molar-refractivity contribution < 1.29 is 32.9 Å². The van der Waals surface area contributed by atoms with Gasteiger partial charge in [0.1, 0.15) is 42.1 Å². The first kappa shape index (κ1) is 25.6. The molecule has 9 nitrogen and oxygen atoms in total. The van der Waals surface area contributed by atoms with Gasteiger partial charge in [0.2, 0.25) is 0 Å². The number of nitrogen functional groups attached to an aromatic ring is 1. The number of rotatable bonds is 4. The molecule has 0 spiro atoms. The predicted molar refractivity (Wildman–Crippen MR) is 126 cm³/mol. The van der Waals surface area contributed by atoms with Crippen LogP contribution in [-0.4, -0.2) is 48.2 Å². The first-order valence-electron chi connectivity index (χ1n) is 11.2. The molecule has 0 bridgehead atoms. The highest BCUT2D eigenvalue weighted by Crippen LogP contribution is 2.33. The van der Waals surface area contributed by atoms with E-state index in [2.05, 4.69) is 15.0 Å². The number of hydrogen-bond donors (Lipinski definition) is 3. The van der Waals surface area contributed by atoms with Crippen molar-refractivity contribution in [2.24, 2.45) is 0 Å². The lowest BCUT2D eigenvalue weighted by molar-refractivity contribution is -0.141. The fourth-order valence-electron chi connectivity index (χ4n) is 3.77. The maximum Gasteiger partial charge on any atom is 0.433 e. The van der Waals surface area contributed by atoms with Crippen LogP contribution in [-0.2, 0) is 10.9 Å². The lowest BCUT2D eigenvalue weighted by Gasteiger charge is -2.16. The van der Waals surface area contributed by atoms with Crippen LogP contribution in [0.25, 0.3) is 21.9 Å². The molecule has 0 saturated carbocycles. The Hall–Kier alpha value is -3.48. The zero-order valence-electron chi connectivity index (χ0n) is 19.6. The van der Waals surface area contributed by atoms with Gasteiger partial charge in [-0.05, 0) is 51.0 Å². The molecular weight excluding hydrogens is 479 g/mol. The molecule has 3 aromatic heterocycles. The van der Waals surface area contributed by atoms with Crippen LogP contribution in [0, 0.1) is 0 Å². The standard InChI is InChI=1S/C21H18F3N5O2.C3H8O2/c22-21(23,24)17-5-2-12-1-3-13(9-16(12)28-17)30-10-14-4-6-18(31-14)29-8-7-15-19(25)26-11-27-20(15)29;1-3(2,4)5/h1-3,5,7-9,11,14,18H,4,6,10H2,(H2,25,26,27);4-5H,1-2H3/t14-,18+;/m0./s1. The molecule has 1 aliphatic rings. The van der Waals surface area contributed by atoms with Gasteiger partial charge >= 0.3 is 6.18 Å². The van der Waals surface area contributed by atoms with Crippen LogP contribution in [0.5, 0.6) is 5.75 Å². The molecule has 1 aliphatic heterocycles. The van der Waals surface area contributed by atoms with Gasteiger partial charge in [0.05, 0.1) is 17.0 Å². The Morgan fingerprint density at radius 1 is 1.11 bits per heavy atom. The number of fused-ring (bicyclic) bond motifs is 2. The lowest BCUT2D eigenvalue weighted by atomic mass is 10.2. The van der Waals surface area contributed by atoms with E-state index in [0.717, 1.165) is 24.3 Å². The van der Waals surface area contributed by atoms with Gasteiger partial charge in [0.15, 0.2) is 5.79 Å². The largest absolute Gasteiger partial charge is 0.491 e. The summed E-state index contributed by atoms with van der Waals surface area (Å²) >= 11 is 0. The Morgan fingerprint density at radius 3 is 2.56 bits per heavy atom. The summed E-state index contributed by atoms with van der Waals surface area (Å²) in [5.41, 5.74) is 5.90. The molecular formula is C24H26F3N5O4. The van der Waals surface area contributed by atoms with E-state index in [4.69, 9.17) is 25.4 Å². The van der Waals surface area contributed by atoms with Crippen LogP contribution in [0.2, 0.25) is 0 Å². The number of aromatic nitrogens is 4. The SMILES string of the molecule is CC(C)(O)O.Nc1ncnc2c1ccn2[C@H]1CC[C@@H](COc2ccc3ccc(C(F)(F)F)nc3c2)O1. The molecule has 1 saturated heterocycles. The van der Waals surface area contributed by atoms with E-state index in [0.29, 0.717) is 22.6 Å². The Kier molecular flexibility index (Phi) is 7.03. The van der Waals surface area contributed by atoms with E-state index >= 15 is 0 Å². The molecule has 0 amide bonds. The zero-order chi connectivity index (χ0) is 26.1. The molecule has 4 N–H and O–H groups in total. The highest BCUT2D eigenvalue weighted by molar-refractivity contribution is 5.86. The smallest absolute Gasteiger partial charge is 0.433 e. The van der Waals surface area contributed by atoms with Gasteiger partial charge < -0.3 is 30.0 Å². The van der Waals surface area contributed by atoms with E-state index in [1.807, 2.05) is 16.8 Å². The molecule has 0 unspecified atom stereocenters. The maximum absolute atomic E-state index is 12.9. The Bertz CT molecular complexity index is 1350. The predicted octanol–water partition coefficient (Wildman–Crippen LogP) is 4.04. The zero-order valence-corrected chi connectivity index (χ0v) is 19.6. The van der Waals surface area contributed by atoms with E-state index in [-0.39, 0.29) is 24.5 Å². The van der Waals surface area contributed by atoms with Crippen LogP contribution in [0.15, 0.2) is 48.9 Å². The van der Waals surface area contributed by atoms with Crippen LogP contribution in [0.4, 0.5) is 19.0 Å². The summed E-state index contributed by atoms with van der Waals surface area (Å²) in [6.07, 6.45) is -0.0147. The Morgan fingerprint density at radius 2 is 1.83 bits per heavy atom. The monoisotopic (exact) mass is 505 g/mol. The van der Waals surface area contributed by atoms with Crippen molar-refractivity contribution in [3.63, 3.8) is 0 Å². The van der Waals surface area contributed by atoms with Crippen molar-refractivity contribution in [3.8, 4) is 5.75 Å². The van der Waals surface area contributed by atoms with Gasteiger partial charge in [-0.25, -0.2) is 15.0 Å².